The van der Waals surface area contributed by atoms with Gasteiger partial charge in [0.1, 0.15) is 5.75 Å². The molecule has 94 valence electrons. The smallest absolute Gasteiger partial charge is 0.115 e. The Morgan fingerprint density at radius 2 is 2.06 bits per heavy atom. The summed E-state index contributed by atoms with van der Waals surface area (Å²) in [5.74, 6) is 0.771. The van der Waals surface area contributed by atoms with Crippen molar-refractivity contribution in [2.45, 2.75) is 38.3 Å². The highest BCUT2D eigenvalue weighted by atomic mass is 16.3. The van der Waals surface area contributed by atoms with Crippen LogP contribution in [0.2, 0.25) is 0 Å². The van der Waals surface area contributed by atoms with Gasteiger partial charge in [0.15, 0.2) is 0 Å². The van der Waals surface area contributed by atoms with Crippen molar-refractivity contribution in [3.05, 3.63) is 29.8 Å². The van der Waals surface area contributed by atoms with Gasteiger partial charge in [-0.1, -0.05) is 25.0 Å². The number of benzene rings is 1. The lowest BCUT2D eigenvalue weighted by Crippen LogP contribution is -2.31. The Labute approximate surface area is 102 Å². The van der Waals surface area contributed by atoms with Gasteiger partial charge in [-0.25, -0.2) is 0 Å². The van der Waals surface area contributed by atoms with Gasteiger partial charge < -0.3 is 15.5 Å². The molecule has 0 spiro atoms. The fourth-order valence-corrected chi connectivity index (χ4v) is 2.54. The van der Waals surface area contributed by atoms with Crippen LogP contribution in [-0.2, 0) is 6.54 Å². The first-order chi connectivity index (χ1) is 8.25. The molecule has 0 amide bonds. The predicted molar refractivity (Wildman–Crippen MR) is 67.8 cm³/mol. The molecular weight excluding hydrogens is 214 g/mol. The van der Waals surface area contributed by atoms with Crippen molar-refractivity contribution in [3.8, 4) is 5.75 Å². The molecule has 0 saturated heterocycles. The quantitative estimate of drug-likeness (QED) is 0.732. The molecule has 3 heteroatoms. The summed E-state index contributed by atoms with van der Waals surface area (Å²) in [4.78, 5) is 0. The van der Waals surface area contributed by atoms with Crippen LogP contribution in [0.4, 0.5) is 0 Å². The van der Waals surface area contributed by atoms with E-state index in [0.29, 0.717) is 24.8 Å². The fourth-order valence-electron chi connectivity index (χ4n) is 2.54. The van der Waals surface area contributed by atoms with E-state index < -0.39 is 0 Å². The molecule has 1 fully saturated rings. The van der Waals surface area contributed by atoms with Crippen LogP contribution >= 0.6 is 0 Å². The van der Waals surface area contributed by atoms with Gasteiger partial charge in [-0.2, -0.15) is 0 Å². The third-order valence-corrected chi connectivity index (χ3v) is 3.54. The highest BCUT2D eigenvalue weighted by Crippen LogP contribution is 2.27. The van der Waals surface area contributed by atoms with Crippen molar-refractivity contribution in [2.24, 2.45) is 5.92 Å². The van der Waals surface area contributed by atoms with E-state index in [1.54, 1.807) is 12.1 Å². The normalized spacial score (nSPS) is 18.4. The van der Waals surface area contributed by atoms with Crippen LogP contribution in [0.1, 0.15) is 31.2 Å². The average Bonchev–Trinajstić information content (AvgIpc) is 2.82. The number of aliphatic hydroxyl groups excluding tert-OH is 1. The lowest BCUT2D eigenvalue weighted by atomic mass is 10.0. The molecule has 1 saturated carbocycles. The minimum Gasteiger partial charge on any atom is -0.508 e. The molecule has 2 rings (SSSR count). The number of phenols is 1. The van der Waals surface area contributed by atoms with Crippen LogP contribution in [0.25, 0.3) is 0 Å². The minimum atomic E-state index is -0.227. The van der Waals surface area contributed by atoms with Gasteiger partial charge in [0.25, 0.3) is 0 Å². The fraction of sp³-hybridized carbons (Fsp3) is 0.571. The standard InChI is InChI=1S/C14H21NO2/c16-13-7-3-4-11(8-13)9-15-10-14(17)12-5-1-2-6-12/h3-4,7-8,12,14-17H,1-2,5-6,9-10H2. The van der Waals surface area contributed by atoms with Crippen LogP contribution in [0.5, 0.6) is 5.75 Å². The maximum Gasteiger partial charge on any atom is 0.115 e. The highest BCUT2D eigenvalue weighted by Gasteiger charge is 2.22. The largest absolute Gasteiger partial charge is 0.508 e. The second-order valence-corrected chi connectivity index (χ2v) is 4.91. The molecule has 3 nitrogen and oxygen atoms in total. The third-order valence-electron chi connectivity index (χ3n) is 3.54. The van der Waals surface area contributed by atoms with E-state index >= 15 is 0 Å². The molecule has 1 aromatic rings. The zero-order valence-electron chi connectivity index (χ0n) is 10.1. The van der Waals surface area contributed by atoms with Gasteiger partial charge in [-0.15, -0.1) is 0 Å². The van der Waals surface area contributed by atoms with Gasteiger partial charge in [0, 0.05) is 13.1 Å². The molecule has 1 atom stereocenters. The Balaban J connectivity index is 1.71. The predicted octanol–water partition coefficient (Wildman–Crippen LogP) is 2.03. The Hall–Kier alpha value is -1.06. The topological polar surface area (TPSA) is 52.5 Å². The lowest BCUT2D eigenvalue weighted by Gasteiger charge is -2.18. The summed E-state index contributed by atoms with van der Waals surface area (Å²) >= 11 is 0. The molecule has 0 radical (unpaired) electrons. The molecule has 1 aliphatic carbocycles. The van der Waals surface area contributed by atoms with Crippen molar-refractivity contribution in [1.82, 2.24) is 5.32 Å². The zero-order chi connectivity index (χ0) is 12.1. The van der Waals surface area contributed by atoms with E-state index in [0.717, 1.165) is 18.4 Å². The van der Waals surface area contributed by atoms with E-state index in [-0.39, 0.29) is 6.10 Å². The Kier molecular flexibility index (Phi) is 4.40. The van der Waals surface area contributed by atoms with Crippen molar-refractivity contribution >= 4 is 0 Å². The molecule has 1 unspecified atom stereocenters. The van der Waals surface area contributed by atoms with Gasteiger partial charge in [0.05, 0.1) is 6.10 Å². The maximum atomic E-state index is 9.97. The van der Waals surface area contributed by atoms with Crippen LogP contribution < -0.4 is 5.32 Å². The summed E-state index contributed by atoms with van der Waals surface area (Å²) in [7, 11) is 0. The van der Waals surface area contributed by atoms with Crippen LogP contribution in [0.3, 0.4) is 0 Å². The Morgan fingerprint density at radius 1 is 1.29 bits per heavy atom. The molecule has 3 N–H and O–H groups in total. The Bertz CT molecular complexity index is 348. The maximum absolute atomic E-state index is 9.97. The second kappa shape index (κ2) is 6.03. The van der Waals surface area contributed by atoms with Crippen molar-refractivity contribution in [2.75, 3.05) is 6.54 Å². The molecular formula is C14H21NO2. The third kappa shape index (κ3) is 3.72. The van der Waals surface area contributed by atoms with Crippen molar-refractivity contribution < 1.29 is 10.2 Å². The summed E-state index contributed by atoms with van der Waals surface area (Å²) in [6.45, 7) is 1.33. The lowest BCUT2D eigenvalue weighted by molar-refractivity contribution is 0.109. The minimum absolute atomic E-state index is 0.227. The van der Waals surface area contributed by atoms with Gasteiger partial charge >= 0.3 is 0 Å². The number of nitrogens with one attached hydrogen (secondary N) is 1. The van der Waals surface area contributed by atoms with Gasteiger partial charge in [-0.05, 0) is 36.5 Å². The number of phenolic OH excluding ortho intramolecular Hbond substituents is 1. The monoisotopic (exact) mass is 235 g/mol. The van der Waals surface area contributed by atoms with E-state index in [9.17, 15) is 10.2 Å². The summed E-state index contributed by atoms with van der Waals surface area (Å²) in [6.07, 6.45) is 4.61. The zero-order valence-corrected chi connectivity index (χ0v) is 10.1. The number of hydrogen-bond donors (Lipinski definition) is 3. The van der Waals surface area contributed by atoms with E-state index in [2.05, 4.69) is 5.32 Å². The molecule has 0 aliphatic heterocycles. The number of aromatic hydroxyl groups is 1. The summed E-state index contributed by atoms with van der Waals surface area (Å²) in [6, 6.07) is 7.21. The summed E-state index contributed by atoms with van der Waals surface area (Å²) in [5, 5.41) is 22.5. The van der Waals surface area contributed by atoms with Crippen LogP contribution in [0, 0.1) is 5.92 Å². The highest BCUT2D eigenvalue weighted by molar-refractivity contribution is 5.26. The van der Waals surface area contributed by atoms with Crippen molar-refractivity contribution in [1.29, 1.82) is 0 Å². The van der Waals surface area contributed by atoms with E-state index in [1.165, 1.54) is 12.8 Å². The second-order valence-electron chi connectivity index (χ2n) is 4.91. The SMILES string of the molecule is Oc1cccc(CNCC(O)C2CCCC2)c1. The van der Waals surface area contributed by atoms with Gasteiger partial charge in [-0.3, -0.25) is 0 Å². The Morgan fingerprint density at radius 3 is 2.76 bits per heavy atom. The van der Waals surface area contributed by atoms with E-state index in [4.69, 9.17) is 0 Å². The molecule has 1 aromatic carbocycles. The summed E-state index contributed by atoms with van der Waals surface area (Å²) in [5.41, 5.74) is 1.05. The molecule has 0 bridgehead atoms. The first-order valence-corrected chi connectivity index (χ1v) is 6.42. The molecule has 1 aliphatic rings. The van der Waals surface area contributed by atoms with Crippen molar-refractivity contribution in [3.63, 3.8) is 0 Å². The molecule has 0 aromatic heterocycles. The summed E-state index contributed by atoms with van der Waals surface area (Å²) < 4.78 is 0. The first-order valence-electron chi connectivity index (χ1n) is 6.42. The number of rotatable bonds is 5. The molecule has 17 heavy (non-hydrogen) atoms. The van der Waals surface area contributed by atoms with Gasteiger partial charge in [0.2, 0.25) is 0 Å². The van der Waals surface area contributed by atoms with Crippen LogP contribution in [0.15, 0.2) is 24.3 Å². The number of aliphatic hydroxyl groups is 1. The number of hydrogen-bond acceptors (Lipinski definition) is 3. The average molecular weight is 235 g/mol. The van der Waals surface area contributed by atoms with Crippen LogP contribution in [-0.4, -0.2) is 22.9 Å². The first kappa shape index (κ1) is 12.4. The van der Waals surface area contributed by atoms with E-state index in [1.807, 2.05) is 12.1 Å². The molecule has 0 heterocycles.